The first kappa shape index (κ1) is 33.4. The number of aromatic nitrogens is 8. The summed E-state index contributed by atoms with van der Waals surface area (Å²) in [4.78, 5) is 61.3. The van der Waals surface area contributed by atoms with Gasteiger partial charge in [0.2, 0.25) is 11.9 Å². The number of aromatic amines is 2. The summed E-state index contributed by atoms with van der Waals surface area (Å²) in [5.74, 6) is -2.37. The van der Waals surface area contributed by atoms with Crippen LogP contribution in [0.25, 0.3) is 22.3 Å². The van der Waals surface area contributed by atoms with Crippen molar-refractivity contribution in [3.8, 4) is 0 Å². The second-order valence-corrected chi connectivity index (χ2v) is 11.9. The van der Waals surface area contributed by atoms with Crippen LogP contribution in [-0.2, 0) is 18.8 Å². The topological polar surface area (TPSA) is 325 Å². The maximum atomic E-state index is 13.2. The highest BCUT2D eigenvalue weighted by molar-refractivity contribution is 7.51. The molecule has 0 aliphatic carbocycles. The maximum Gasteiger partial charge on any atom is 0.351 e. The zero-order valence-corrected chi connectivity index (χ0v) is 24.2. The molecule has 2 unspecified atom stereocenters. The van der Waals surface area contributed by atoms with E-state index in [2.05, 4.69) is 29.9 Å². The van der Waals surface area contributed by atoms with Crippen molar-refractivity contribution in [2.24, 2.45) is 11.8 Å². The van der Waals surface area contributed by atoms with Gasteiger partial charge in [-0.25, -0.2) is 9.97 Å². The average Bonchev–Trinajstić information content (AvgIpc) is 3.74. The molecule has 0 bridgehead atoms. The molecule has 0 aromatic carbocycles. The Hall–Kier alpha value is -3.93. The highest BCUT2D eigenvalue weighted by atomic mass is 31.2. The van der Waals surface area contributed by atoms with E-state index >= 15 is 0 Å². The predicted molar refractivity (Wildman–Crippen MR) is 149 cm³/mol. The van der Waals surface area contributed by atoms with E-state index in [1.165, 1.54) is 15.5 Å². The fourth-order valence-electron chi connectivity index (χ4n) is 5.07. The van der Waals surface area contributed by atoms with Gasteiger partial charge in [-0.15, -0.1) is 0 Å². The molecule has 4 aromatic rings. The molecule has 2 saturated heterocycles. The minimum absolute atomic E-state index is 0.00135. The number of nitrogens with one attached hydrogen (secondary N) is 2. The lowest BCUT2D eigenvalue weighted by atomic mass is 10.0. The molecule has 252 valence electrons. The monoisotopic (exact) mass is 678 g/mol. The number of nitrogens with zero attached hydrogens (tertiary/aromatic N) is 6. The smallest absolute Gasteiger partial charge is 0.351 e. The summed E-state index contributed by atoms with van der Waals surface area (Å²) in [6.45, 7) is -2.33. The largest absolute Gasteiger partial charge is 0.394 e. The standard InChI is InChI=1S/C11H15FN5O7P.C11H14FN5O4/c12-1-4-6(18)9(24-10(4)23-3-25(20,21)22)17-2-14-5-7(17)15-11(13)16-8(5)19;12-1-4-5(2-18)21-10(7(4)19)17-3-14-6-8(17)15-11(13)16-9(6)20/h2,4,6,9-10,18H,1,3H2,(H2,20,21,22)(H3,13,15,16,19);3-5,7,10,18-19H,1-2H2,(H3,13,15,16,20)/t4?,6-,9+,10-;4?,5-,7+,10-/m01/s1. The second kappa shape index (κ2) is 13.1. The molecule has 6 rings (SSSR count). The second-order valence-electron chi connectivity index (χ2n) is 10.3. The number of aliphatic hydroxyl groups excluding tert-OH is 3. The van der Waals surface area contributed by atoms with E-state index in [-0.39, 0.29) is 34.2 Å². The van der Waals surface area contributed by atoms with Crippen molar-refractivity contribution in [2.75, 3.05) is 37.8 Å². The summed E-state index contributed by atoms with van der Waals surface area (Å²) in [7, 11) is -4.51. The quantitative estimate of drug-likeness (QED) is 0.0849. The van der Waals surface area contributed by atoms with Crippen LogP contribution in [0, 0.1) is 11.8 Å². The van der Waals surface area contributed by atoms with Gasteiger partial charge in [0.25, 0.3) is 11.1 Å². The Bertz CT molecular complexity index is 1860. The molecule has 8 atom stereocenters. The van der Waals surface area contributed by atoms with Gasteiger partial charge < -0.3 is 50.8 Å². The lowest BCUT2D eigenvalue weighted by Crippen LogP contribution is -2.29. The third kappa shape index (κ3) is 6.36. The number of anilines is 2. The zero-order chi connectivity index (χ0) is 33.5. The Morgan fingerprint density at radius 2 is 1.37 bits per heavy atom. The highest BCUT2D eigenvalue weighted by Gasteiger charge is 2.47. The Labute approximate surface area is 253 Å². The fraction of sp³-hybridized carbons (Fsp3) is 0.545. The first-order valence-electron chi connectivity index (χ1n) is 13.3. The van der Waals surface area contributed by atoms with Crippen molar-refractivity contribution in [3.63, 3.8) is 0 Å². The van der Waals surface area contributed by atoms with Gasteiger partial charge in [0.1, 0.15) is 12.2 Å². The van der Waals surface area contributed by atoms with Crippen molar-refractivity contribution in [1.29, 1.82) is 0 Å². The number of nitrogens with two attached hydrogens (primary N) is 2. The maximum absolute atomic E-state index is 13.2. The molecule has 46 heavy (non-hydrogen) atoms. The van der Waals surface area contributed by atoms with Gasteiger partial charge in [-0.3, -0.25) is 42.0 Å². The molecule has 0 spiro atoms. The number of hydrogen-bond donors (Lipinski definition) is 9. The molecule has 2 aliphatic rings. The first-order valence-corrected chi connectivity index (χ1v) is 15.1. The third-order valence-electron chi connectivity index (χ3n) is 7.27. The SMILES string of the molecule is Nc1nc2c(ncn2[C@@H]2O[C@H](CO)C(CF)[C@@H]2O)c(=O)[nH]1.Nc1nc2c(ncn2[C@@H]2O[C@H](OCP(=O)(O)O)C(CF)[C@@H]2O)c(=O)[nH]1. The molecule has 0 amide bonds. The molecular weight excluding hydrogens is 649 g/mol. The average molecular weight is 679 g/mol. The van der Waals surface area contributed by atoms with Crippen LogP contribution in [0.3, 0.4) is 0 Å². The van der Waals surface area contributed by atoms with Crippen LogP contribution < -0.4 is 22.6 Å². The number of rotatable bonds is 8. The first-order chi connectivity index (χ1) is 21.8. The molecule has 2 fully saturated rings. The molecule has 6 heterocycles. The van der Waals surface area contributed by atoms with Crippen LogP contribution >= 0.6 is 7.60 Å². The van der Waals surface area contributed by atoms with Crippen LogP contribution in [0.15, 0.2) is 22.2 Å². The van der Waals surface area contributed by atoms with Crippen molar-refractivity contribution in [2.45, 2.75) is 37.1 Å². The molecule has 2 aliphatic heterocycles. The number of imidazole rings is 2. The lowest BCUT2D eigenvalue weighted by molar-refractivity contribution is -0.157. The summed E-state index contributed by atoms with van der Waals surface area (Å²) in [5.41, 5.74) is 9.92. The van der Waals surface area contributed by atoms with Crippen LogP contribution in [0.2, 0.25) is 0 Å². The molecule has 11 N–H and O–H groups in total. The van der Waals surface area contributed by atoms with Gasteiger partial charge in [-0.2, -0.15) is 9.97 Å². The summed E-state index contributed by atoms with van der Waals surface area (Å²) in [5, 5.41) is 29.6. The third-order valence-corrected chi connectivity index (χ3v) is 7.75. The van der Waals surface area contributed by atoms with Gasteiger partial charge in [0.05, 0.1) is 44.6 Å². The molecule has 24 heteroatoms. The van der Waals surface area contributed by atoms with Crippen molar-refractivity contribution in [3.05, 3.63) is 33.4 Å². The molecule has 21 nitrogen and oxygen atoms in total. The van der Waals surface area contributed by atoms with Gasteiger partial charge in [-0.05, 0) is 0 Å². The Morgan fingerprint density at radius 1 is 0.891 bits per heavy atom. The minimum Gasteiger partial charge on any atom is -0.394 e. The zero-order valence-electron chi connectivity index (χ0n) is 23.3. The molecule has 0 saturated carbocycles. The van der Waals surface area contributed by atoms with Gasteiger partial charge in [-0.1, -0.05) is 0 Å². The molecular formula is C22H29F2N10O11P. The van der Waals surface area contributed by atoms with E-state index in [4.69, 9.17) is 35.5 Å². The number of fused-ring (bicyclic) bond motifs is 2. The number of aliphatic hydroxyl groups is 3. The number of hydrogen-bond acceptors (Lipinski definition) is 15. The highest BCUT2D eigenvalue weighted by Crippen LogP contribution is 2.40. The molecule has 4 aromatic heterocycles. The number of H-pyrrole nitrogens is 2. The van der Waals surface area contributed by atoms with E-state index in [1.807, 2.05) is 0 Å². The predicted octanol–water partition coefficient (Wildman–Crippen LogP) is -2.81. The van der Waals surface area contributed by atoms with E-state index in [1.54, 1.807) is 0 Å². The van der Waals surface area contributed by atoms with E-state index < -0.39 is 93.9 Å². The summed E-state index contributed by atoms with van der Waals surface area (Å²) >= 11 is 0. The number of halogens is 2. The van der Waals surface area contributed by atoms with Crippen molar-refractivity contribution >= 4 is 41.8 Å². The van der Waals surface area contributed by atoms with E-state index in [0.29, 0.717) is 0 Å². The number of ether oxygens (including phenoxy) is 3. The van der Waals surface area contributed by atoms with Gasteiger partial charge >= 0.3 is 7.60 Å². The normalized spacial score (nSPS) is 28.2. The van der Waals surface area contributed by atoms with Crippen LogP contribution in [0.4, 0.5) is 20.7 Å². The molecule has 0 radical (unpaired) electrons. The van der Waals surface area contributed by atoms with Crippen molar-refractivity contribution < 1.29 is 52.7 Å². The number of alkyl halides is 2. The van der Waals surface area contributed by atoms with E-state index in [9.17, 15) is 38.3 Å². The Kier molecular flexibility index (Phi) is 9.49. The summed E-state index contributed by atoms with van der Waals surface area (Å²) in [6.07, 6.45) is -5.71. The van der Waals surface area contributed by atoms with E-state index in [0.717, 1.165) is 6.33 Å². The Balaban J connectivity index is 0.000000184. The van der Waals surface area contributed by atoms with Gasteiger partial charge in [0, 0.05) is 5.92 Å². The van der Waals surface area contributed by atoms with Crippen LogP contribution in [-0.4, -0.2) is 115 Å². The Morgan fingerprint density at radius 3 is 1.80 bits per heavy atom. The van der Waals surface area contributed by atoms with Crippen LogP contribution in [0.5, 0.6) is 0 Å². The van der Waals surface area contributed by atoms with Crippen LogP contribution in [0.1, 0.15) is 12.5 Å². The summed E-state index contributed by atoms with van der Waals surface area (Å²) < 4.78 is 55.3. The lowest BCUT2D eigenvalue weighted by Gasteiger charge is -2.17. The van der Waals surface area contributed by atoms with Gasteiger partial charge in [0.15, 0.2) is 47.4 Å². The number of nitrogen functional groups attached to an aromatic ring is 2. The summed E-state index contributed by atoms with van der Waals surface area (Å²) in [6, 6.07) is 0. The minimum atomic E-state index is -4.51. The fourth-order valence-corrected chi connectivity index (χ4v) is 5.41. The van der Waals surface area contributed by atoms with Crippen molar-refractivity contribution in [1.82, 2.24) is 39.0 Å².